The Morgan fingerprint density at radius 2 is 2.15 bits per heavy atom. The minimum Gasteiger partial charge on any atom is -0.399 e. The van der Waals surface area contributed by atoms with Crippen molar-refractivity contribution in [3.63, 3.8) is 0 Å². The van der Waals surface area contributed by atoms with Gasteiger partial charge in [0.05, 0.1) is 5.69 Å². The molecule has 1 aliphatic rings. The normalized spacial score (nSPS) is 19.5. The third-order valence-corrected chi connectivity index (χ3v) is 2.47. The van der Waals surface area contributed by atoms with Crippen molar-refractivity contribution in [1.82, 2.24) is 4.98 Å². The van der Waals surface area contributed by atoms with Crippen molar-refractivity contribution < 1.29 is 9.50 Å². The van der Waals surface area contributed by atoms with Gasteiger partial charge < -0.3 is 10.8 Å². The predicted molar refractivity (Wildman–Crippen MR) is 46.4 cm³/mol. The Balaban J connectivity index is 2.39. The zero-order valence-electron chi connectivity index (χ0n) is 7.13. The fourth-order valence-corrected chi connectivity index (χ4v) is 1.52. The monoisotopic (exact) mass is 182 g/mol. The molecule has 0 aromatic carbocycles. The maximum atomic E-state index is 12.8. The molecule has 0 radical (unpaired) electrons. The maximum Gasteiger partial charge on any atom is 0.215 e. The maximum absolute atomic E-state index is 12.8. The van der Waals surface area contributed by atoms with Crippen LogP contribution in [0.1, 0.15) is 25.0 Å². The van der Waals surface area contributed by atoms with Gasteiger partial charge in [0.2, 0.25) is 5.95 Å². The van der Waals surface area contributed by atoms with E-state index >= 15 is 0 Å². The molecule has 0 amide bonds. The van der Waals surface area contributed by atoms with Crippen LogP contribution in [0.5, 0.6) is 0 Å². The average Bonchev–Trinajstić information content (AvgIpc) is 1.98. The van der Waals surface area contributed by atoms with E-state index in [2.05, 4.69) is 4.98 Å². The van der Waals surface area contributed by atoms with Crippen LogP contribution >= 0.6 is 0 Å². The van der Waals surface area contributed by atoms with Crippen LogP contribution in [0.2, 0.25) is 0 Å². The lowest BCUT2D eigenvalue weighted by atomic mass is 9.77. The lowest BCUT2D eigenvalue weighted by Crippen LogP contribution is -2.34. The highest BCUT2D eigenvalue weighted by Gasteiger charge is 2.38. The third-order valence-electron chi connectivity index (χ3n) is 2.47. The highest BCUT2D eigenvalue weighted by molar-refractivity contribution is 5.39. The first kappa shape index (κ1) is 8.44. The van der Waals surface area contributed by atoms with Gasteiger partial charge in [0, 0.05) is 11.8 Å². The summed E-state index contributed by atoms with van der Waals surface area (Å²) >= 11 is 0. The van der Waals surface area contributed by atoms with E-state index in [1.54, 1.807) is 0 Å². The Labute approximate surface area is 75.4 Å². The van der Waals surface area contributed by atoms with Crippen molar-refractivity contribution in [2.75, 3.05) is 5.73 Å². The van der Waals surface area contributed by atoms with Crippen molar-refractivity contribution in [1.29, 1.82) is 0 Å². The second kappa shape index (κ2) is 2.67. The zero-order valence-corrected chi connectivity index (χ0v) is 7.13. The molecule has 1 saturated carbocycles. The molecule has 3 N–H and O–H groups in total. The minimum absolute atomic E-state index is 0.308. The highest BCUT2D eigenvalue weighted by Crippen LogP contribution is 2.40. The van der Waals surface area contributed by atoms with E-state index in [0.717, 1.165) is 12.5 Å². The van der Waals surface area contributed by atoms with E-state index in [0.29, 0.717) is 24.2 Å². The van der Waals surface area contributed by atoms with Gasteiger partial charge in [-0.3, -0.25) is 0 Å². The minimum atomic E-state index is -0.934. The molecule has 0 bridgehead atoms. The Morgan fingerprint density at radius 3 is 2.62 bits per heavy atom. The number of aromatic nitrogens is 1. The van der Waals surface area contributed by atoms with Crippen LogP contribution in [-0.2, 0) is 5.60 Å². The highest BCUT2D eigenvalue weighted by atomic mass is 19.1. The molecule has 3 nitrogen and oxygen atoms in total. The number of nitrogens with zero attached hydrogens (tertiary/aromatic N) is 1. The van der Waals surface area contributed by atoms with Crippen LogP contribution in [-0.4, -0.2) is 10.1 Å². The zero-order chi connectivity index (χ0) is 9.47. The second-order valence-corrected chi connectivity index (χ2v) is 3.49. The number of nitrogen functional groups attached to an aromatic ring is 1. The van der Waals surface area contributed by atoms with E-state index in [9.17, 15) is 9.50 Å². The molecule has 1 aliphatic carbocycles. The molecule has 1 heterocycles. The summed E-state index contributed by atoms with van der Waals surface area (Å²) in [6.45, 7) is 0. The first-order valence-electron chi connectivity index (χ1n) is 4.26. The molecule has 1 aromatic rings. The standard InChI is InChI=1S/C9H11FN2O/c10-8-5-6(11)4-7(12-8)9(13)2-1-3-9/h4-5,13H,1-3H2,(H2,11,12). The lowest BCUT2D eigenvalue weighted by molar-refractivity contribution is -0.0431. The van der Waals surface area contributed by atoms with E-state index in [1.165, 1.54) is 6.07 Å². The number of hydrogen-bond acceptors (Lipinski definition) is 3. The number of nitrogens with two attached hydrogens (primary N) is 1. The van der Waals surface area contributed by atoms with Gasteiger partial charge in [-0.2, -0.15) is 4.39 Å². The molecule has 4 heteroatoms. The van der Waals surface area contributed by atoms with Crippen molar-refractivity contribution >= 4 is 5.69 Å². The fourth-order valence-electron chi connectivity index (χ4n) is 1.52. The van der Waals surface area contributed by atoms with Gasteiger partial charge in [0.1, 0.15) is 5.60 Å². The molecular weight excluding hydrogens is 171 g/mol. The summed E-state index contributed by atoms with van der Waals surface area (Å²) in [4.78, 5) is 3.63. The summed E-state index contributed by atoms with van der Waals surface area (Å²) in [6, 6.07) is 2.67. The van der Waals surface area contributed by atoms with Gasteiger partial charge in [-0.15, -0.1) is 0 Å². The first-order chi connectivity index (χ1) is 6.10. The van der Waals surface area contributed by atoms with Gasteiger partial charge in [-0.25, -0.2) is 4.98 Å². The number of anilines is 1. The summed E-state index contributed by atoms with van der Waals surface area (Å²) in [5, 5.41) is 9.85. The molecule has 1 fully saturated rings. The second-order valence-electron chi connectivity index (χ2n) is 3.49. The first-order valence-corrected chi connectivity index (χ1v) is 4.26. The summed E-state index contributed by atoms with van der Waals surface area (Å²) in [5.41, 5.74) is 5.18. The van der Waals surface area contributed by atoms with Crippen molar-refractivity contribution in [2.45, 2.75) is 24.9 Å². The van der Waals surface area contributed by atoms with Gasteiger partial charge >= 0.3 is 0 Å². The van der Waals surface area contributed by atoms with Gasteiger partial charge in [-0.1, -0.05) is 0 Å². The smallest absolute Gasteiger partial charge is 0.215 e. The van der Waals surface area contributed by atoms with Crippen molar-refractivity contribution in [2.24, 2.45) is 0 Å². The SMILES string of the molecule is Nc1cc(F)nc(C2(O)CCC2)c1. The van der Waals surface area contributed by atoms with E-state index < -0.39 is 11.5 Å². The lowest BCUT2D eigenvalue weighted by Gasteiger charge is -2.35. The molecule has 0 atom stereocenters. The van der Waals surface area contributed by atoms with Crippen molar-refractivity contribution in [3.05, 3.63) is 23.8 Å². The molecule has 70 valence electrons. The van der Waals surface area contributed by atoms with Crippen LogP contribution in [0.15, 0.2) is 12.1 Å². The fraction of sp³-hybridized carbons (Fsp3) is 0.444. The molecule has 0 spiro atoms. The number of halogens is 1. The Bertz CT molecular complexity index is 316. The van der Waals surface area contributed by atoms with E-state index in [-0.39, 0.29) is 0 Å². The van der Waals surface area contributed by atoms with Crippen molar-refractivity contribution in [3.8, 4) is 0 Å². The van der Waals surface area contributed by atoms with Crippen LogP contribution in [0.25, 0.3) is 0 Å². The van der Waals surface area contributed by atoms with Gasteiger partial charge in [0.25, 0.3) is 0 Å². The average molecular weight is 182 g/mol. The largest absolute Gasteiger partial charge is 0.399 e. The quantitative estimate of drug-likeness (QED) is 0.641. The summed E-state index contributed by atoms with van der Waals surface area (Å²) in [7, 11) is 0. The molecule has 0 aliphatic heterocycles. The number of aliphatic hydroxyl groups is 1. The molecule has 2 rings (SSSR count). The van der Waals surface area contributed by atoms with Crippen LogP contribution in [0, 0.1) is 5.95 Å². The third kappa shape index (κ3) is 1.37. The Kier molecular flexibility index (Phi) is 1.73. The van der Waals surface area contributed by atoms with Crippen LogP contribution in [0.3, 0.4) is 0 Å². The molecule has 0 saturated heterocycles. The molecule has 13 heavy (non-hydrogen) atoms. The predicted octanol–water partition coefficient (Wildman–Crippen LogP) is 1.17. The molecule has 0 unspecified atom stereocenters. The molecule has 1 aromatic heterocycles. The Hall–Kier alpha value is -1.16. The van der Waals surface area contributed by atoms with Gasteiger partial charge in [-0.05, 0) is 25.3 Å². The van der Waals surface area contributed by atoms with Gasteiger partial charge in [0.15, 0.2) is 0 Å². The summed E-state index contributed by atoms with van der Waals surface area (Å²) in [6.07, 6.45) is 2.24. The topological polar surface area (TPSA) is 59.1 Å². The number of rotatable bonds is 1. The number of pyridine rings is 1. The van der Waals surface area contributed by atoms with Crippen LogP contribution in [0.4, 0.5) is 10.1 Å². The summed E-state index contributed by atoms with van der Waals surface area (Å²) < 4.78 is 12.8. The summed E-state index contributed by atoms with van der Waals surface area (Å²) in [5.74, 6) is -0.629. The van der Waals surface area contributed by atoms with E-state index in [1.807, 2.05) is 0 Å². The molecular formula is C9H11FN2O. The van der Waals surface area contributed by atoms with Crippen LogP contribution < -0.4 is 5.73 Å². The van der Waals surface area contributed by atoms with E-state index in [4.69, 9.17) is 5.73 Å². The number of hydrogen-bond donors (Lipinski definition) is 2. The Morgan fingerprint density at radius 1 is 1.46 bits per heavy atom.